The van der Waals surface area contributed by atoms with Crippen molar-refractivity contribution in [2.24, 2.45) is 5.73 Å². The van der Waals surface area contributed by atoms with Gasteiger partial charge in [-0.15, -0.1) is 0 Å². The van der Waals surface area contributed by atoms with E-state index >= 15 is 0 Å². The number of carbonyl (C=O) groups is 1. The molecule has 1 aromatic heterocycles. The number of hydrogen-bond acceptors (Lipinski definition) is 5. The van der Waals surface area contributed by atoms with Gasteiger partial charge < -0.3 is 20.9 Å². The SMILES string of the molecule is CC(C)c1ccc(/C=C/C(=O)O)cc1.COc1cc(NC(C)CCCN)c2ncccc2c1. The van der Waals surface area contributed by atoms with Crippen molar-refractivity contribution in [1.29, 1.82) is 0 Å². The third-order valence-corrected chi connectivity index (χ3v) is 5.18. The maximum atomic E-state index is 10.3. The van der Waals surface area contributed by atoms with Gasteiger partial charge in [0, 0.05) is 29.8 Å². The predicted molar refractivity (Wildman–Crippen MR) is 137 cm³/mol. The summed E-state index contributed by atoms with van der Waals surface area (Å²) in [4.78, 5) is 14.7. The molecule has 0 aliphatic rings. The average Bonchev–Trinajstić information content (AvgIpc) is 2.82. The van der Waals surface area contributed by atoms with Gasteiger partial charge in [0.2, 0.25) is 0 Å². The van der Waals surface area contributed by atoms with Crippen LogP contribution in [0.4, 0.5) is 5.69 Å². The molecule has 0 bridgehead atoms. The molecule has 0 spiro atoms. The van der Waals surface area contributed by atoms with E-state index in [1.165, 1.54) is 5.56 Å². The van der Waals surface area contributed by atoms with E-state index in [2.05, 4.69) is 31.1 Å². The Kier molecular flexibility index (Phi) is 10.4. The Balaban J connectivity index is 0.000000245. The number of nitrogens with one attached hydrogen (secondary N) is 1. The average molecular weight is 450 g/mol. The summed E-state index contributed by atoms with van der Waals surface area (Å²) in [5.74, 6) is 0.430. The van der Waals surface area contributed by atoms with E-state index in [1.807, 2.05) is 54.7 Å². The summed E-state index contributed by atoms with van der Waals surface area (Å²) in [6.07, 6.45) is 6.60. The van der Waals surface area contributed by atoms with Crippen molar-refractivity contribution in [3.8, 4) is 5.75 Å². The second kappa shape index (κ2) is 13.2. The van der Waals surface area contributed by atoms with E-state index in [4.69, 9.17) is 15.6 Å². The van der Waals surface area contributed by atoms with Gasteiger partial charge in [0.15, 0.2) is 0 Å². The second-order valence-corrected chi connectivity index (χ2v) is 8.22. The van der Waals surface area contributed by atoms with Gasteiger partial charge in [-0.25, -0.2) is 4.79 Å². The number of fused-ring (bicyclic) bond motifs is 1. The summed E-state index contributed by atoms with van der Waals surface area (Å²) < 4.78 is 5.34. The summed E-state index contributed by atoms with van der Waals surface area (Å²) >= 11 is 0. The number of rotatable bonds is 9. The Morgan fingerprint density at radius 2 is 1.91 bits per heavy atom. The maximum absolute atomic E-state index is 10.3. The highest BCUT2D eigenvalue weighted by Gasteiger charge is 2.08. The third-order valence-electron chi connectivity index (χ3n) is 5.18. The molecule has 1 unspecified atom stereocenters. The molecule has 0 radical (unpaired) electrons. The van der Waals surface area contributed by atoms with Crippen LogP contribution >= 0.6 is 0 Å². The number of anilines is 1. The number of benzene rings is 2. The van der Waals surface area contributed by atoms with E-state index in [9.17, 15) is 4.79 Å². The molecule has 1 heterocycles. The minimum atomic E-state index is -0.919. The zero-order valence-corrected chi connectivity index (χ0v) is 19.9. The molecule has 2 aromatic carbocycles. The fourth-order valence-corrected chi connectivity index (χ4v) is 3.31. The molecule has 3 aromatic rings. The topological polar surface area (TPSA) is 97.5 Å². The van der Waals surface area contributed by atoms with Crippen LogP contribution in [0.3, 0.4) is 0 Å². The van der Waals surface area contributed by atoms with Crippen LogP contribution in [-0.4, -0.2) is 35.8 Å². The lowest BCUT2D eigenvalue weighted by atomic mass is 10.0. The van der Waals surface area contributed by atoms with Crippen LogP contribution in [0.2, 0.25) is 0 Å². The summed E-state index contributed by atoms with van der Waals surface area (Å²) in [5.41, 5.74) is 9.71. The fraction of sp³-hybridized carbons (Fsp3) is 0.333. The van der Waals surface area contributed by atoms with E-state index < -0.39 is 5.97 Å². The number of aromatic nitrogens is 1. The van der Waals surface area contributed by atoms with Crippen molar-refractivity contribution >= 4 is 28.6 Å². The standard InChI is InChI=1S/C15H21N3O.C12H14O2/c1-11(5-3-7-16)18-14-10-13(19-2)9-12-6-4-8-17-15(12)14;1-9(2)11-6-3-10(4-7-11)5-8-12(13)14/h4,6,8-11,18H,3,5,7,16H2,1-2H3;3-9H,1-2H3,(H,13,14)/b;8-5+. The van der Waals surface area contributed by atoms with E-state index in [-0.39, 0.29) is 0 Å². The maximum Gasteiger partial charge on any atom is 0.328 e. The number of nitrogens with zero attached hydrogens (tertiary/aromatic N) is 1. The predicted octanol–water partition coefficient (Wildman–Crippen LogP) is 5.69. The van der Waals surface area contributed by atoms with Crippen LogP contribution < -0.4 is 15.8 Å². The number of aliphatic carboxylic acids is 1. The van der Waals surface area contributed by atoms with Gasteiger partial charge in [0.25, 0.3) is 0 Å². The van der Waals surface area contributed by atoms with Crippen LogP contribution in [0, 0.1) is 0 Å². The van der Waals surface area contributed by atoms with Crippen LogP contribution in [0.15, 0.2) is 60.8 Å². The number of carboxylic acid groups (broad SMARTS) is 1. The highest BCUT2D eigenvalue weighted by molar-refractivity contribution is 5.92. The molecule has 4 N–H and O–H groups in total. The van der Waals surface area contributed by atoms with Crippen molar-refractivity contribution < 1.29 is 14.6 Å². The first-order valence-corrected chi connectivity index (χ1v) is 11.2. The molecule has 6 heteroatoms. The van der Waals surface area contributed by atoms with Gasteiger partial charge >= 0.3 is 5.97 Å². The van der Waals surface area contributed by atoms with Crippen LogP contribution in [0.1, 0.15) is 50.7 Å². The summed E-state index contributed by atoms with van der Waals surface area (Å²) in [5, 5.41) is 13.0. The van der Waals surface area contributed by atoms with Gasteiger partial charge in [-0.2, -0.15) is 0 Å². The molecule has 3 rings (SSSR count). The molecule has 176 valence electrons. The van der Waals surface area contributed by atoms with Gasteiger partial charge in [-0.3, -0.25) is 4.98 Å². The van der Waals surface area contributed by atoms with E-state index in [0.29, 0.717) is 12.0 Å². The quantitative estimate of drug-likeness (QED) is 0.363. The minimum Gasteiger partial charge on any atom is -0.497 e. The molecule has 0 aliphatic carbocycles. The molecule has 1 atom stereocenters. The molecule has 0 aliphatic heterocycles. The number of carboxylic acids is 1. The zero-order chi connectivity index (χ0) is 24.2. The lowest BCUT2D eigenvalue weighted by molar-refractivity contribution is -0.131. The molecular formula is C27H35N3O3. The van der Waals surface area contributed by atoms with Crippen molar-refractivity contribution in [2.75, 3.05) is 19.0 Å². The van der Waals surface area contributed by atoms with E-state index in [0.717, 1.165) is 53.4 Å². The van der Waals surface area contributed by atoms with E-state index in [1.54, 1.807) is 13.2 Å². The van der Waals surface area contributed by atoms with Gasteiger partial charge in [0.05, 0.1) is 18.3 Å². The van der Waals surface area contributed by atoms with Crippen LogP contribution in [-0.2, 0) is 4.79 Å². The smallest absolute Gasteiger partial charge is 0.328 e. The molecule has 33 heavy (non-hydrogen) atoms. The highest BCUT2D eigenvalue weighted by atomic mass is 16.5. The van der Waals surface area contributed by atoms with Crippen molar-refractivity contribution in [2.45, 2.75) is 45.6 Å². The highest BCUT2D eigenvalue weighted by Crippen LogP contribution is 2.28. The number of methoxy groups -OCH3 is 1. The van der Waals surface area contributed by atoms with Crippen molar-refractivity contribution in [1.82, 2.24) is 4.98 Å². The first-order valence-electron chi connectivity index (χ1n) is 11.2. The lowest BCUT2D eigenvalue weighted by Crippen LogP contribution is -2.17. The van der Waals surface area contributed by atoms with Gasteiger partial charge in [-0.05, 0) is 61.6 Å². The monoisotopic (exact) mass is 449 g/mol. The number of nitrogens with two attached hydrogens (primary N) is 1. The number of hydrogen-bond donors (Lipinski definition) is 3. The zero-order valence-electron chi connectivity index (χ0n) is 19.9. The van der Waals surface area contributed by atoms with Crippen molar-refractivity contribution in [3.63, 3.8) is 0 Å². The number of ether oxygens (including phenoxy) is 1. The minimum absolute atomic E-state index is 0.362. The Morgan fingerprint density at radius 3 is 2.52 bits per heavy atom. The Labute approximate surface area is 196 Å². The normalized spacial score (nSPS) is 11.8. The Bertz CT molecular complexity index is 1050. The Morgan fingerprint density at radius 1 is 1.18 bits per heavy atom. The summed E-state index contributed by atoms with van der Waals surface area (Å²) in [6.45, 7) is 7.14. The first-order chi connectivity index (χ1) is 15.8. The van der Waals surface area contributed by atoms with Crippen LogP contribution in [0.5, 0.6) is 5.75 Å². The molecule has 6 nitrogen and oxygen atoms in total. The molecular weight excluding hydrogens is 414 g/mol. The molecule has 0 saturated carbocycles. The lowest BCUT2D eigenvalue weighted by Gasteiger charge is -2.17. The molecule has 0 saturated heterocycles. The Hall–Kier alpha value is -3.38. The van der Waals surface area contributed by atoms with Gasteiger partial charge in [0.1, 0.15) is 5.75 Å². The first kappa shape index (κ1) is 25.9. The fourth-order valence-electron chi connectivity index (χ4n) is 3.31. The largest absolute Gasteiger partial charge is 0.497 e. The summed E-state index contributed by atoms with van der Waals surface area (Å²) in [6, 6.07) is 16.2. The second-order valence-electron chi connectivity index (χ2n) is 8.22. The van der Waals surface area contributed by atoms with Gasteiger partial charge in [-0.1, -0.05) is 44.2 Å². The van der Waals surface area contributed by atoms with Crippen molar-refractivity contribution in [3.05, 3.63) is 71.9 Å². The summed E-state index contributed by atoms with van der Waals surface area (Å²) in [7, 11) is 1.68. The molecule has 0 fully saturated rings. The number of pyridine rings is 1. The molecule has 0 amide bonds. The van der Waals surface area contributed by atoms with Crippen LogP contribution in [0.25, 0.3) is 17.0 Å². The third kappa shape index (κ3) is 8.58.